The van der Waals surface area contributed by atoms with Gasteiger partial charge in [0, 0.05) is 17.8 Å². The van der Waals surface area contributed by atoms with Gasteiger partial charge in [-0.15, -0.1) is 0 Å². The fourth-order valence-corrected chi connectivity index (χ4v) is 1.91. The van der Waals surface area contributed by atoms with Crippen molar-refractivity contribution in [2.45, 2.75) is 0 Å². The molecule has 0 heterocycles. The second-order valence-corrected chi connectivity index (χ2v) is 4.47. The van der Waals surface area contributed by atoms with Crippen molar-refractivity contribution in [3.8, 4) is 29.4 Å². The van der Waals surface area contributed by atoms with Crippen LogP contribution in [0.2, 0.25) is 5.02 Å². The van der Waals surface area contributed by atoms with Crippen molar-refractivity contribution in [2.75, 3.05) is 12.8 Å². The van der Waals surface area contributed by atoms with Crippen LogP contribution in [0.15, 0.2) is 30.3 Å². The summed E-state index contributed by atoms with van der Waals surface area (Å²) >= 11 is 6.06. The standard InChI is InChI=1S/C15H10ClN3O2/c1-20-13-3-2-11(19)6-15(13)21-14-5-10(8-18)9(7-17)4-12(14)16/h2-6H,19H2,1H3. The number of hydrogen-bond donors (Lipinski definition) is 1. The third-order valence-electron chi connectivity index (χ3n) is 2.72. The Morgan fingerprint density at radius 3 is 2.29 bits per heavy atom. The van der Waals surface area contributed by atoms with Crippen molar-refractivity contribution in [1.29, 1.82) is 10.5 Å². The van der Waals surface area contributed by atoms with Gasteiger partial charge in [0.1, 0.15) is 17.9 Å². The lowest BCUT2D eigenvalue weighted by molar-refractivity contribution is 0.379. The highest BCUT2D eigenvalue weighted by molar-refractivity contribution is 6.32. The number of hydrogen-bond acceptors (Lipinski definition) is 5. The van der Waals surface area contributed by atoms with Crippen molar-refractivity contribution in [3.05, 3.63) is 46.5 Å². The van der Waals surface area contributed by atoms with Crippen LogP contribution in [0, 0.1) is 22.7 Å². The van der Waals surface area contributed by atoms with Crippen molar-refractivity contribution in [2.24, 2.45) is 0 Å². The molecule has 0 aliphatic rings. The van der Waals surface area contributed by atoms with Gasteiger partial charge in [-0.1, -0.05) is 11.6 Å². The third kappa shape index (κ3) is 3.00. The molecule has 0 fully saturated rings. The number of ether oxygens (including phenoxy) is 2. The first-order valence-electron chi connectivity index (χ1n) is 5.84. The van der Waals surface area contributed by atoms with Gasteiger partial charge in [-0.05, 0) is 18.2 Å². The molecule has 0 spiro atoms. The number of anilines is 1. The molecule has 0 unspecified atom stereocenters. The van der Waals surface area contributed by atoms with E-state index in [4.69, 9.17) is 37.3 Å². The topological polar surface area (TPSA) is 92.1 Å². The normalized spacial score (nSPS) is 9.52. The Balaban J connectivity index is 2.48. The summed E-state index contributed by atoms with van der Waals surface area (Å²) in [5.74, 6) is 1.09. The van der Waals surface area contributed by atoms with Crippen molar-refractivity contribution < 1.29 is 9.47 Å². The molecular formula is C15H10ClN3O2. The summed E-state index contributed by atoms with van der Waals surface area (Å²) < 4.78 is 10.8. The monoisotopic (exact) mass is 299 g/mol. The average Bonchev–Trinajstić information content (AvgIpc) is 2.49. The Hall–Kier alpha value is -2.89. The fourth-order valence-electron chi connectivity index (χ4n) is 1.71. The van der Waals surface area contributed by atoms with Gasteiger partial charge in [-0.3, -0.25) is 0 Å². The van der Waals surface area contributed by atoms with Crippen LogP contribution in [0.3, 0.4) is 0 Å². The largest absolute Gasteiger partial charge is 0.493 e. The molecule has 0 bridgehead atoms. The van der Waals surface area contributed by atoms with Gasteiger partial charge in [-0.25, -0.2) is 0 Å². The lowest BCUT2D eigenvalue weighted by atomic mass is 10.1. The number of nitrogens with zero attached hydrogens (tertiary/aromatic N) is 2. The van der Waals surface area contributed by atoms with Crippen LogP contribution in [0.4, 0.5) is 5.69 Å². The molecule has 6 heteroatoms. The van der Waals surface area contributed by atoms with Crippen molar-refractivity contribution >= 4 is 17.3 Å². The minimum atomic E-state index is 0.180. The minimum absolute atomic E-state index is 0.180. The maximum atomic E-state index is 9.03. The first kappa shape index (κ1) is 14.5. The smallest absolute Gasteiger partial charge is 0.171 e. The molecule has 2 N–H and O–H groups in total. The van der Waals surface area contributed by atoms with E-state index in [2.05, 4.69) is 0 Å². The summed E-state index contributed by atoms with van der Waals surface area (Å²) in [6.45, 7) is 0. The molecule has 0 atom stereocenters. The van der Waals surface area contributed by atoms with E-state index in [1.165, 1.54) is 19.2 Å². The number of nitrogens with two attached hydrogens (primary N) is 1. The Kier molecular flexibility index (Phi) is 4.18. The van der Waals surface area contributed by atoms with Crippen LogP contribution in [0.1, 0.15) is 11.1 Å². The Bertz CT molecular complexity index is 776. The highest BCUT2D eigenvalue weighted by Crippen LogP contribution is 2.37. The van der Waals surface area contributed by atoms with Crippen molar-refractivity contribution in [3.63, 3.8) is 0 Å². The average molecular weight is 300 g/mol. The van der Waals surface area contributed by atoms with E-state index in [-0.39, 0.29) is 21.9 Å². The van der Waals surface area contributed by atoms with Crippen LogP contribution in [0.5, 0.6) is 17.2 Å². The number of nitrogen functional groups attached to an aromatic ring is 1. The lowest BCUT2D eigenvalue weighted by Gasteiger charge is -2.12. The van der Waals surface area contributed by atoms with Gasteiger partial charge in [0.2, 0.25) is 0 Å². The Morgan fingerprint density at radius 2 is 1.67 bits per heavy atom. The maximum absolute atomic E-state index is 9.03. The molecule has 0 aliphatic heterocycles. The molecule has 5 nitrogen and oxygen atoms in total. The number of benzene rings is 2. The first-order valence-corrected chi connectivity index (χ1v) is 6.22. The Morgan fingerprint density at radius 1 is 1.00 bits per heavy atom. The summed E-state index contributed by atoms with van der Waals surface area (Å²) in [4.78, 5) is 0. The predicted molar refractivity (Wildman–Crippen MR) is 78.4 cm³/mol. The van der Waals surface area contributed by atoms with Crippen LogP contribution in [0.25, 0.3) is 0 Å². The number of methoxy groups -OCH3 is 1. The summed E-state index contributed by atoms with van der Waals surface area (Å²) in [5.41, 5.74) is 6.58. The predicted octanol–water partition coefficient (Wildman–Crippen LogP) is 3.47. The van der Waals surface area contributed by atoms with Crippen LogP contribution < -0.4 is 15.2 Å². The first-order chi connectivity index (χ1) is 10.1. The lowest BCUT2D eigenvalue weighted by Crippen LogP contribution is -1.94. The minimum Gasteiger partial charge on any atom is -0.493 e. The summed E-state index contributed by atoms with van der Waals surface area (Å²) in [7, 11) is 1.50. The summed E-state index contributed by atoms with van der Waals surface area (Å²) in [6.07, 6.45) is 0. The molecule has 2 rings (SSSR count). The number of rotatable bonds is 3. The van der Waals surface area contributed by atoms with Crippen LogP contribution in [-0.4, -0.2) is 7.11 Å². The van der Waals surface area contributed by atoms with Gasteiger partial charge in [0.25, 0.3) is 0 Å². The quantitative estimate of drug-likeness (QED) is 0.876. The zero-order chi connectivity index (χ0) is 15.4. The molecule has 104 valence electrons. The second kappa shape index (κ2) is 6.04. The van der Waals surface area contributed by atoms with Gasteiger partial charge < -0.3 is 15.2 Å². The summed E-state index contributed by atoms with van der Waals surface area (Å²) in [6, 6.07) is 11.5. The van der Waals surface area contributed by atoms with E-state index in [0.29, 0.717) is 17.2 Å². The zero-order valence-corrected chi connectivity index (χ0v) is 11.8. The SMILES string of the molecule is COc1ccc(N)cc1Oc1cc(C#N)c(C#N)cc1Cl. The van der Waals surface area contributed by atoms with Crippen molar-refractivity contribution in [1.82, 2.24) is 0 Å². The molecule has 2 aromatic carbocycles. The van der Waals surface area contributed by atoms with Crippen LogP contribution >= 0.6 is 11.6 Å². The molecule has 0 amide bonds. The Labute approximate surface area is 126 Å². The second-order valence-electron chi connectivity index (χ2n) is 4.06. The van der Waals surface area contributed by atoms with Gasteiger partial charge >= 0.3 is 0 Å². The van der Waals surface area contributed by atoms with E-state index < -0.39 is 0 Å². The van der Waals surface area contributed by atoms with Gasteiger partial charge in [0.05, 0.1) is 23.3 Å². The van der Waals surface area contributed by atoms with E-state index in [9.17, 15) is 0 Å². The summed E-state index contributed by atoms with van der Waals surface area (Å²) in [5, 5.41) is 18.2. The molecule has 0 saturated heterocycles. The van der Waals surface area contributed by atoms with E-state index in [1.54, 1.807) is 18.2 Å². The van der Waals surface area contributed by atoms with Crippen LogP contribution in [-0.2, 0) is 0 Å². The number of halogens is 1. The molecule has 0 aliphatic carbocycles. The molecule has 2 aromatic rings. The fraction of sp³-hybridized carbons (Fsp3) is 0.0667. The third-order valence-corrected chi connectivity index (χ3v) is 3.02. The number of nitriles is 2. The molecule has 21 heavy (non-hydrogen) atoms. The maximum Gasteiger partial charge on any atom is 0.171 e. The molecule has 0 aromatic heterocycles. The highest BCUT2D eigenvalue weighted by Gasteiger charge is 2.13. The van der Waals surface area contributed by atoms with Gasteiger partial charge in [-0.2, -0.15) is 10.5 Å². The molecular weight excluding hydrogens is 290 g/mol. The molecule has 0 radical (unpaired) electrons. The van der Waals surface area contributed by atoms with E-state index >= 15 is 0 Å². The van der Waals surface area contributed by atoms with E-state index in [0.717, 1.165) is 0 Å². The molecule has 0 saturated carbocycles. The zero-order valence-electron chi connectivity index (χ0n) is 11.1. The van der Waals surface area contributed by atoms with E-state index in [1.807, 2.05) is 12.1 Å². The highest BCUT2D eigenvalue weighted by atomic mass is 35.5. The van der Waals surface area contributed by atoms with Gasteiger partial charge in [0.15, 0.2) is 11.5 Å².